The molecule has 2 heterocycles. The third-order valence-corrected chi connectivity index (χ3v) is 4.49. The van der Waals surface area contributed by atoms with Crippen molar-refractivity contribution in [2.75, 3.05) is 6.61 Å². The quantitative estimate of drug-likeness (QED) is 0.618. The molecule has 3 fully saturated rings. The van der Waals surface area contributed by atoms with E-state index in [4.69, 9.17) is 18.9 Å². The first kappa shape index (κ1) is 14.6. The second-order valence-corrected chi connectivity index (χ2v) is 6.02. The van der Waals surface area contributed by atoms with Crippen molar-refractivity contribution in [3.8, 4) is 0 Å². The first-order chi connectivity index (χ1) is 11.0. The topological polar surface area (TPSA) is 97.9 Å². The summed E-state index contributed by atoms with van der Waals surface area (Å²) < 4.78 is 21.5. The number of carbonyl (C=O) groups excluding carboxylic acids is 2. The van der Waals surface area contributed by atoms with Crippen LogP contribution in [-0.4, -0.2) is 59.8 Å². The number of hydrogen-bond donors (Lipinski definition) is 1. The molecule has 0 bridgehead atoms. The van der Waals surface area contributed by atoms with Gasteiger partial charge in [-0.15, -0.1) is 0 Å². The van der Waals surface area contributed by atoms with Crippen LogP contribution in [0.25, 0.3) is 0 Å². The van der Waals surface area contributed by atoms with E-state index in [1.54, 1.807) is 30.3 Å². The fraction of sp³-hybridized carbons (Fsp3) is 0.500. The fourth-order valence-electron chi connectivity index (χ4n) is 3.27. The van der Waals surface area contributed by atoms with Gasteiger partial charge in [0.25, 0.3) is 0 Å². The molecule has 2 saturated heterocycles. The molecule has 1 N–H and O–H groups in total. The summed E-state index contributed by atoms with van der Waals surface area (Å²) in [5.74, 6) is -1.03. The van der Waals surface area contributed by atoms with Gasteiger partial charge >= 0.3 is 11.9 Å². The molecule has 7 nitrogen and oxygen atoms in total. The van der Waals surface area contributed by atoms with Crippen LogP contribution in [0.15, 0.2) is 30.3 Å². The van der Waals surface area contributed by atoms with Crippen molar-refractivity contribution >= 4 is 11.9 Å². The van der Waals surface area contributed by atoms with Crippen molar-refractivity contribution in [2.24, 2.45) is 0 Å². The van der Waals surface area contributed by atoms with Gasteiger partial charge in [-0.25, -0.2) is 4.79 Å². The van der Waals surface area contributed by atoms with Gasteiger partial charge in [-0.1, -0.05) is 18.2 Å². The number of aliphatic hydroxyl groups is 1. The third kappa shape index (κ3) is 2.32. The molecule has 0 unspecified atom stereocenters. The number of carbonyl (C=O) groups is 2. The summed E-state index contributed by atoms with van der Waals surface area (Å²) in [6.45, 7) is 1.15. The Bertz CT molecular complexity index is 645. The monoisotopic (exact) mass is 320 g/mol. The molecule has 4 rings (SSSR count). The number of ether oxygens (including phenoxy) is 4. The summed E-state index contributed by atoms with van der Waals surface area (Å²) in [5.41, 5.74) is -0.602. The number of benzene rings is 1. The molecule has 122 valence electrons. The molecule has 1 aromatic rings. The van der Waals surface area contributed by atoms with Gasteiger partial charge in [0, 0.05) is 6.92 Å². The number of epoxide rings is 2. The predicted molar refractivity (Wildman–Crippen MR) is 74.6 cm³/mol. The second-order valence-electron chi connectivity index (χ2n) is 6.02. The van der Waals surface area contributed by atoms with Crippen molar-refractivity contribution in [3.05, 3.63) is 35.9 Å². The Kier molecular flexibility index (Phi) is 3.19. The normalized spacial score (nSPS) is 39.7. The zero-order valence-corrected chi connectivity index (χ0v) is 12.4. The summed E-state index contributed by atoms with van der Waals surface area (Å²) in [4.78, 5) is 23.4. The summed E-state index contributed by atoms with van der Waals surface area (Å²) in [5, 5.41) is 10.2. The molecule has 23 heavy (non-hydrogen) atoms. The Morgan fingerprint density at radius 1 is 1.26 bits per heavy atom. The average Bonchev–Trinajstić information content (AvgIpc) is 3.42. The number of esters is 2. The minimum Gasteiger partial charge on any atom is -0.459 e. The van der Waals surface area contributed by atoms with Gasteiger partial charge in [-0.2, -0.15) is 0 Å². The SMILES string of the molecule is CC(=O)O[C@H]1[C@H](O)[C@H]2O[C@H]2[C@H]2O[C@]21COC(=O)c1ccccc1. The smallest absolute Gasteiger partial charge is 0.338 e. The van der Waals surface area contributed by atoms with Gasteiger partial charge in [0.1, 0.15) is 31.0 Å². The van der Waals surface area contributed by atoms with Gasteiger partial charge in [0.15, 0.2) is 11.7 Å². The van der Waals surface area contributed by atoms with Gasteiger partial charge in [-0.3, -0.25) is 4.79 Å². The lowest BCUT2D eigenvalue weighted by atomic mass is 9.84. The molecule has 7 heteroatoms. The second kappa shape index (κ2) is 5.02. The Balaban J connectivity index is 1.48. The molecule has 0 amide bonds. The Labute approximate surface area is 132 Å². The van der Waals surface area contributed by atoms with Crippen LogP contribution in [0, 0.1) is 0 Å². The third-order valence-electron chi connectivity index (χ3n) is 4.49. The van der Waals surface area contributed by atoms with Crippen molar-refractivity contribution in [3.63, 3.8) is 0 Å². The van der Waals surface area contributed by atoms with E-state index in [-0.39, 0.29) is 24.9 Å². The summed E-state index contributed by atoms with van der Waals surface area (Å²) in [7, 11) is 0. The molecular formula is C16H16O7. The number of hydrogen-bond acceptors (Lipinski definition) is 7. The van der Waals surface area contributed by atoms with Crippen LogP contribution in [0.3, 0.4) is 0 Å². The van der Waals surface area contributed by atoms with E-state index in [9.17, 15) is 14.7 Å². The van der Waals surface area contributed by atoms with Gasteiger partial charge < -0.3 is 24.1 Å². The highest BCUT2D eigenvalue weighted by molar-refractivity contribution is 5.89. The summed E-state index contributed by atoms with van der Waals surface area (Å²) >= 11 is 0. The largest absolute Gasteiger partial charge is 0.459 e. The minimum absolute atomic E-state index is 0.104. The number of aliphatic hydroxyl groups excluding tert-OH is 1. The van der Waals surface area contributed by atoms with Crippen LogP contribution in [0.5, 0.6) is 0 Å². The van der Waals surface area contributed by atoms with Gasteiger partial charge in [0.2, 0.25) is 0 Å². The molecule has 1 aliphatic carbocycles. The van der Waals surface area contributed by atoms with E-state index in [1.165, 1.54) is 6.92 Å². The van der Waals surface area contributed by atoms with Crippen LogP contribution < -0.4 is 0 Å². The van der Waals surface area contributed by atoms with E-state index in [0.717, 1.165) is 0 Å². The summed E-state index contributed by atoms with van der Waals surface area (Å²) in [6.07, 6.45) is -2.84. The lowest BCUT2D eigenvalue weighted by molar-refractivity contribution is -0.161. The Hall–Kier alpha value is -1.96. The van der Waals surface area contributed by atoms with Crippen molar-refractivity contribution in [1.29, 1.82) is 0 Å². The van der Waals surface area contributed by atoms with Crippen molar-refractivity contribution in [2.45, 2.75) is 43.0 Å². The van der Waals surface area contributed by atoms with Gasteiger partial charge in [-0.05, 0) is 12.1 Å². The Morgan fingerprint density at radius 3 is 2.70 bits per heavy atom. The van der Waals surface area contributed by atoms with Gasteiger partial charge in [0.05, 0.1) is 5.56 Å². The molecule has 1 aromatic carbocycles. The molecule has 3 aliphatic rings. The first-order valence-electron chi connectivity index (χ1n) is 7.44. The molecular weight excluding hydrogens is 304 g/mol. The maximum Gasteiger partial charge on any atom is 0.338 e. The lowest BCUT2D eigenvalue weighted by Gasteiger charge is -2.29. The van der Waals surface area contributed by atoms with Crippen LogP contribution in [-0.2, 0) is 23.7 Å². The zero-order chi connectivity index (χ0) is 16.2. The summed E-state index contributed by atoms with van der Waals surface area (Å²) in [6, 6.07) is 8.56. The first-order valence-corrected chi connectivity index (χ1v) is 7.44. The van der Waals surface area contributed by atoms with E-state index < -0.39 is 29.7 Å². The van der Waals surface area contributed by atoms with Crippen LogP contribution in [0.1, 0.15) is 17.3 Å². The van der Waals surface area contributed by atoms with Crippen molar-refractivity contribution in [1.82, 2.24) is 0 Å². The zero-order valence-electron chi connectivity index (χ0n) is 12.4. The van der Waals surface area contributed by atoms with Crippen LogP contribution >= 0.6 is 0 Å². The maximum absolute atomic E-state index is 12.1. The lowest BCUT2D eigenvalue weighted by Crippen LogP contribution is -2.54. The number of rotatable bonds is 4. The highest BCUT2D eigenvalue weighted by Crippen LogP contribution is 2.56. The van der Waals surface area contributed by atoms with Crippen LogP contribution in [0.2, 0.25) is 0 Å². The molecule has 0 aromatic heterocycles. The standard InChI is InChI=1S/C16H16O7/c1-8(17)21-13-10(18)11-12(22-11)14-16(13,23-14)7-20-15(19)9-5-3-2-4-6-9/h2-6,10-14,18H,7H2,1H3/t10-,11-,12-,13+,14-,16+/m1/s1. The van der Waals surface area contributed by atoms with E-state index in [2.05, 4.69) is 0 Å². The molecule has 2 aliphatic heterocycles. The minimum atomic E-state index is -1.02. The molecule has 0 radical (unpaired) electrons. The molecule has 6 atom stereocenters. The van der Waals surface area contributed by atoms with E-state index in [0.29, 0.717) is 5.56 Å². The highest BCUT2D eigenvalue weighted by atomic mass is 16.7. The predicted octanol–water partition coefficient (Wildman–Crippen LogP) is 0.0546. The molecule has 0 spiro atoms. The molecule has 1 saturated carbocycles. The highest BCUT2D eigenvalue weighted by Gasteiger charge is 2.79. The average molecular weight is 320 g/mol. The van der Waals surface area contributed by atoms with Crippen LogP contribution in [0.4, 0.5) is 0 Å². The fourth-order valence-corrected chi connectivity index (χ4v) is 3.27. The number of fused-ring (bicyclic) bond motifs is 3. The maximum atomic E-state index is 12.1. The van der Waals surface area contributed by atoms with Crippen molar-refractivity contribution < 1.29 is 33.6 Å². The van der Waals surface area contributed by atoms with E-state index >= 15 is 0 Å². The Morgan fingerprint density at radius 2 is 2.00 bits per heavy atom. The van der Waals surface area contributed by atoms with E-state index in [1.807, 2.05) is 0 Å².